The Labute approximate surface area is 222 Å². The van der Waals surface area contributed by atoms with E-state index in [1.165, 1.54) is 54.6 Å². The number of carbonyl (C=O) groups excluding carboxylic acids is 1. The molecule has 2 heterocycles. The molecule has 0 saturated heterocycles. The lowest BCUT2D eigenvalue weighted by molar-refractivity contribution is -0.120. The largest absolute Gasteiger partial charge is 0.330 e. The topological polar surface area (TPSA) is 65.6 Å². The number of Topliss-reactive ketones (excluding diaryl/α,β-unsaturated/α-hetero) is 1. The molecule has 4 rings (SSSR count). The van der Waals surface area contributed by atoms with E-state index in [1.54, 1.807) is 6.92 Å². The Bertz CT molecular complexity index is 1150. The van der Waals surface area contributed by atoms with Gasteiger partial charge in [-0.2, -0.15) is 0 Å². The van der Waals surface area contributed by atoms with Crippen molar-refractivity contribution in [2.45, 2.75) is 105 Å². The number of aryl methyl sites for hydroxylation is 3. The van der Waals surface area contributed by atoms with Crippen LogP contribution in [-0.2, 0) is 30.7 Å². The maximum atomic E-state index is 12.5. The summed E-state index contributed by atoms with van der Waals surface area (Å²) in [5, 5.41) is 8.50. The van der Waals surface area contributed by atoms with Crippen LogP contribution in [0.5, 0.6) is 0 Å². The van der Waals surface area contributed by atoms with Gasteiger partial charge in [0.2, 0.25) is 0 Å². The number of benzene rings is 1. The van der Waals surface area contributed by atoms with Crippen molar-refractivity contribution >= 4 is 5.78 Å². The van der Waals surface area contributed by atoms with Gasteiger partial charge in [-0.05, 0) is 80.9 Å². The Kier molecular flexibility index (Phi) is 9.33. The first kappa shape index (κ1) is 27.3. The number of carbonyl (C=O) groups is 1. The minimum Gasteiger partial charge on any atom is -0.330 e. The van der Waals surface area contributed by atoms with Gasteiger partial charge in [0.1, 0.15) is 11.6 Å². The number of imidazole rings is 1. The molecule has 2 atom stereocenters. The van der Waals surface area contributed by atoms with E-state index in [0.717, 1.165) is 49.9 Å². The zero-order valence-corrected chi connectivity index (χ0v) is 23.5. The van der Waals surface area contributed by atoms with Crippen molar-refractivity contribution in [3.05, 3.63) is 65.0 Å². The zero-order chi connectivity index (χ0) is 26.4. The first-order valence-electron chi connectivity index (χ1n) is 14.4. The second-order valence-electron chi connectivity index (χ2n) is 11.3. The van der Waals surface area contributed by atoms with Crippen LogP contribution in [0, 0.1) is 24.7 Å². The smallest absolute Gasteiger partial charge is 0.133 e. The van der Waals surface area contributed by atoms with Crippen LogP contribution in [0.4, 0.5) is 0 Å². The molecule has 1 fully saturated rings. The summed E-state index contributed by atoms with van der Waals surface area (Å²) in [6, 6.07) is 6.77. The van der Waals surface area contributed by atoms with Gasteiger partial charge in [-0.15, -0.1) is 5.10 Å². The molecule has 0 aliphatic heterocycles. The Hall–Kier alpha value is -2.76. The predicted molar refractivity (Wildman–Crippen MR) is 149 cm³/mol. The molecule has 0 spiro atoms. The first-order chi connectivity index (χ1) is 17.9. The van der Waals surface area contributed by atoms with Crippen LogP contribution in [0.15, 0.2) is 36.8 Å². The van der Waals surface area contributed by atoms with Crippen LogP contribution in [-0.4, -0.2) is 30.3 Å². The van der Waals surface area contributed by atoms with Crippen LogP contribution in [0.3, 0.4) is 0 Å². The van der Waals surface area contributed by atoms with Gasteiger partial charge < -0.3 is 4.57 Å². The summed E-state index contributed by atoms with van der Waals surface area (Å²) in [5.41, 5.74) is 4.83. The third-order valence-electron chi connectivity index (χ3n) is 8.83. The fourth-order valence-electron chi connectivity index (χ4n) is 5.95. The van der Waals surface area contributed by atoms with Crippen molar-refractivity contribution in [2.75, 3.05) is 0 Å². The molecule has 0 bridgehead atoms. The highest BCUT2D eigenvalue weighted by molar-refractivity contribution is 5.79. The van der Waals surface area contributed by atoms with E-state index in [9.17, 15) is 4.79 Å². The van der Waals surface area contributed by atoms with Crippen molar-refractivity contribution in [3.63, 3.8) is 0 Å². The molecule has 6 nitrogen and oxygen atoms in total. The van der Waals surface area contributed by atoms with Crippen LogP contribution in [0.2, 0.25) is 0 Å². The number of hydrogen-bond donors (Lipinski definition) is 0. The summed E-state index contributed by atoms with van der Waals surface area (Å²) >= 11 is 0. The Morgan fingerprint density at radius 2 is 1.89 bits per heavy atom. The molecule has 1 aliphatic rings. The Morgan fingerprint density at radius 3 is 2.57 bits per heavy atom. The molecule has 0 N–H and O–H groups in total. The second kappa shape index (κ2) is 12.7. The van der Waals surface area contributed by atoms with Gasteiger partial charge in [0, 0.05) is 44.0 Å². The zero-order valence-electron chi connectivity index (χ0n) is 23.5. The SMILES string of the molecule is CCC1CCC(Cc2nccn2Cc2cc(C(CCc3cn(CC)nn3)C(C)C(C)=O)ccc2C)CC1. The number of rotatable bonds is 12. The molecule has 3 aromatic rings. The molecule has 2 unspecified atom stereocenters. The van der Waals surface area contributed by atoms with Crippen molar-refractivity contribution in [1.29, 1.82) is 0 Å². The average Bonchev–Trinajstić information content (AvgIpc) is 3.55. The maximum absolute atomic E-state index is 12.5. The summed E-state index contributed by atoms with van der Waals surface area (Å²) < 4.78 is 4.20. The van der Waals surface area contributed by atoms with Gasteiger partial charge in [0.15, 0.2) is 0 Å². The summed E-state index contributed by atoms with van der Waals surface area (Å²) in [6.07, 6.45) is 15.6. The summed E-state index contributed by atoms with van der Waals surface area (Å²) in [4.78, 5) is 17.2. The van der Waals surface area contributed by atoms with Gasteiger partial charge in [-0.3, -0.25) is 9.48 Å². The predicted octanol–water partition coefficient (Wildman–Crippen LogP) is 6.55. The molecule has 1 aliphatic carbocycles. The maximum Gasteiger partial charge on any atom is 0.133 e. The van der Waals surface area contributed by atoms with E-state index >= 15 is 0 Å². The number of aromatic nitrogens is 5. The van der Waals surface area contributed by atoms with Crippen LogP contribution >= 0.6 is 0 Å². The molecular weight excluding hydrogens is 458 g/mol. The first-order valence-corrected chi connectivity index (χ1v) is 14.4. The molecule has 0 amide bonds. The number of hydrogen-bond acceptors (Lipinski definition) is 4. The number of nitrogens with zero attached hydrogens (tertiary/aromatic N) is 5. The fourth-order valence-corrected chi connectivity index (χ4v) is 5.95. The average molecular weight is 504 g/mol. The molecule has 1 aromatic carbocycles. The summed E-state index contributed by atoms with van der Waals surface area (Å²) in [7, 11) is 0. The molecule has 1 saturated carbocycles. The summed E-state index contributed by atoms with van der Waals surface area (Å²) in [6.45, 7) is 12.0. The number of ketones is 1. The second-order valence-corrected chi connectivity index (χ2v) is 11.3. The standard InChI is InChI=1S/C31H45N5O/c1-6-25-9-11-26(12-10-25)18-31-32-16-17-35(31)20-28-19-27(13-8-22(28)3)30(23(4)24(5)37)15-14-29-21-36(7-2)34-33-29/h8,13,16-17,19,21,23,25-26,30H,6-7,9-12,14-15,18,20H2,1-5H3. The highest BCUT2D eigenvalue weighted by Crippen LogP contribution is 2.33. The Morgan fingerprint density at radius 1 is 1.14 bits per heavy atom. The van der Waals surface area contributed by atoms with Crippen molar-refractivity contribution in [3.8, 4) is 0 Å². The molecule has 6 heteroatoms. The molecule has 2 aromatic heterocycles. The lowest BCUT2D eigenvalue weighted by Gasteiger charge is -2.27. The van der Waals surface area contributed by atoms with Crippen LogP contribution < -0.4 is 0 Å². The van der Waals surface area contributed by atoms with Crippen LogP contribution in [0.25, 0.3) is 0 Å². The van der Waals surface area contributed by atoms with E-state index in [-0.39, 0.29) is 17.6 Å². The molecule has 0 radical (unpaired) electrons. The van der Waals surface area contributed by atoms with E-state index < -0.39 is 0 Å². The lowest BCUT2D eigenvalue weighted by atomic mass is 9.79. The van der Waals surface area contributed by atoms with Crippen LogP contribution in [0.1, 0.15) is 100 Å². The van der Waals surface area contributed by atoms with Crippen molar-refractivity contribution in [2.24, 2.45) is 17.8 Å². The van der Waals surface area contributed by atoms with E-state index in [2.05, 4.69) is 67.0 Å². The van der Waals surface area contributed by atoms with E-state index in [0.29, 0.717) is 0 Å². The van der Waals surface area contributed by atoms with E-state index in [1.807, 2.05) is 17.1 Å². The van der Waals surface area contributed by atoms with E-state index in [4.69, 9.17) is 4.98 Å². The summed E-state index contributed by atoms with van der Waals surface area (Å²) in [5.74, 6) is 3.23. The fraction of sp³-hybridized carbons (Fsp3) is 0.613. The minimum atomic E-state index is -0.0427. The van der Waals surface area contributed by atoms with Gasteiger partial charge in [0.05, 0.1) is 5.69 Å². The third-order valence-corrected chi connectivity index (χ3v) is 8.83. The van der Waals surface area contributed by atoms with Crippen molar-refractivity contribution < 1.29 is 4.79 Å². The van der Waals surface area contributed by atoms with Crippen molar-refractivity contribution in [1.82, 2.24) is 24.5 Å². The van der Waals surface area contributed by atoms with Gasteiger partial charge in [-0.25, -0.2) is 4.98 Å². The highest BCUT2D eigenvalue weighted by Gasteiger charge is 2.25. The quantitative estimate of drug-likeness (QED) is 0.281. The molecule has 37 heavy (non-hydrogen) atoms. The van der Waals surface area contributed by atoms with Gasteiger partial charge in [-0.1, -0.05) is 56.5 Å². The lowest BCUT2D eigenvalue weighted by Crippen LogP contribution is -2.19. The van der Waals surface area contributed by atoms with Gasteiger partial charge >= 0.3 is 0 Å². The molecule has 200 valence electrons. The third kappa shape index (κ3) is 6.97. The minimum absolute atomic E-state index is 0.0427. The normalized spacial score (nSPS) is 19.6. The van der Waals surface area contributed by atoms with Gasteiger partial charge in [0.25, 0.3) is 0 Å². The monoisotopic (exact) mass is 503 g/mol. The highest BCUT2D eigenvalue weighted by atomic mass is 16.1. The Balaban J connectivity index is 1.49. The molecular formula is C31H45N5O.